The number of aromatic nitrogens is 6. The number of hydrogen-bond donors (Lipinski definition) is 2. The van der Waals surface area contributed by atoms with Crippen molar-refractivity contribution in [2.24, 2.45) is 0 Å². The standard InChI is InChI=1S/C26H28N8O/c1-16-11-20(27)19(12-23(16)33-13-22(28-14-33)17-9-10-17)26(35)31-24-8-4-7-21(30-24)25-32-29-15-34(25)18-5-2-3-6-18/h4,7-8,11-15,17-18H,2-3,5-6,9-10,27H2,1H3,(H,30,31,35). The van der Waals surface area contributed by atoms with Gasteiger partial charge in [0.1, 0.15) is 17.8 Å². The molecule has 0 radical (unpaired) electrons. The molecule has 0 aliphatic heterocycles. The summed E-state index contributed by atoms with van der Waals surface area (Å²) in [4.78, 5) is 22.4. The van der Waals surface area contributed by atoms with Crippen LogP contribution in [-0.4, -0.2) is 35.2 Å². The zero-order valence-electron chi connectivity index (χ0n) is 19.7. The van der Waals surface area contributed by atoms with Crippen molar-refractivity contribution >= 4 is 17.4 Å². The van der Waals surface area contributed by atoms with E-state index in [1.807, 2.05) is 42.0 Å². The highest BCUT2D eigenvalue weighted by atomic mass is 16.1. The van der Waals surface area contributed by atoms with E-state index in [1.54, 1.807) is 18.7 Å². The molecule has 0 saturated heterocycles. The normalized spacial score (nSPS) is 16.0. The molecule has 2 aliphatic carbocycles. The van der Waals surface area contributed by atoms with Crippen LogP contribution in [0.1, 0.15) is 72.1 Å². The smallest absolute Gasteiger partial charge is 0.258 e. The molecule has 1 aromatic carbocycles. The number of rotatable bonds is 6. The van der Waals surface area contributed by atoms with Crippen molar-refractivity contribution in [2.75, 3.05) is 11.1 Å². The molecule has 1 amide bonds. The number of imidazole rings is 1. The molecule has 0 spiro atoms. The van der Waals surface area contributed by atoms with Crippen LogP contribution in [0.5, 0.6) is 0 Å². The van der Waals surface area contributed by atoms with Crippen molar-refractivity contribution in [2.45, 2.75) is 57.4 Å². The Bertz CT molecular complexity index is 1390. The number of nitrogens with two attached hydrogens (primary N) is 1. The molecular formula is C26H28N8O. The molecule has 2 saturated carbocycles. The van der Waals surface area contributed by atoms with Crippen molar-refractivity contribution in [1.29, 1.82) is 0 Å². The molecule has 3 N–H and O–H groups in total. The monoisotopic (exact) mass is 468 g/mol. The first kappa shape index (κ1) is 21.5. The molecule has 9 heteroatoms. The Kier molecular flexibility index (Phi) is 5.32. The Balaban J connectivity index is 1.26. The lowest BCUT2D eigenvalue weighted by Gasteiger charge is -2.14. The van der Waals surface area contributed by atoms with Crippen molar-refractivity contribution in [1.82, 2.24) is 29.3 Å². The zero-order valence-corrected chi connectivity index (χ0v) is 19.7. The van der Waals surface area contributed by atoms with Gasteiger partial charge in [0, 0.05) is 23.8 Å². The highest BCUT2D eigenvalue weighted by Gasteiger charge is 2.26. The Hall–Kier alpha value is -4.01. The molecule has 2 fully saturated rings. The van der Waals surface area contributed by atoms with Gasteiger partial charge in [0.25, 0.3) is 5.91 Å². The van der Waals surface area contributed by atoms with E-state index in [-0.39, 0.29) is 5.91 Å². The number of amides is 1. The fourth-order valence-electron chi connectivity index (χ4n) is 4.94. The van der Waals surface area contributed by atoms with Gasteiger partial charge in [0.2, 0.25) is 0 Å². The summed E-state index contributed by atoms with van der Waals surface area (Å²) in [5.74, 6) is 1.41. The molecule has 3 heterocycles. The third-order valence-electron chi connectivity index (χ3n) is 7.00. The largest absolute Gasteiger partial charge is 0.398 e. The maximum atomic E-state index is 13.2. The predicted octanol–water partition coefficient (Wildman–Crippen LogP) is 4.66. The van der Waals surface area contributed by atoms with E-state index in [0.29, 0.717) is 34.7 Å². The Morgan fingerprint density at radius 2 is 1.94 bits per heavy atom. The Morgan fingerprint density at radius 3 is 2.74 bits per heavy atom. The van der Waals surface area contributed by atoms with Crippen molar-refractivity contribution in [3.63, 3.8) is 0 Å². The van der Waals surface area contributed by atoms with E-state index in [4.69, 9.17) is 5.73 Å². The molecule has 6 rings (SSSR count). The second kappa shape index (κ2) is 8.65. The summed E-state index contributed by atoms with van der Waals surface area (Å²) in [5, 5.41) is 11.3. The number of anilines is 2. The molecule has 4 aromatic rings. The van der Waals surface area contributed by atoms with Gasteiger partial charge in [0.05, 0.1) is 23.3 Å². The van der Waals surface area contributed by atoms with Crippen LogP contribution in [0.2, 0.25) is 0 Å². The quantitative estimate of drug-likeness (QED) is 0.398. The van der Waals surface area contributed by atoms with Gasteiger partial charge in [-0.1, -0.05) is 18.9 Å². The summed E-state index contributed by atoms with van der Waals surface area (Å²) in [6.07, 6.45) is 12.7. The minimum atomic E-state index is -0.312. The topological polar surface area (TPSA) is 117 Å². The fourth-order valence-corrected chi connectivity index (χ4v) is 4.94. The SMILES string of the molecule is Cc1cc(N)c(C(=O)Nc2cccc(-c3nncn3C3CCCC3)n2)cc1-n1cnc(C2CC2)c1. The summed E-state index contributed by atoms with van der Waals surface area (Å²) in [7, 11) is 0. The Labute approximate surface area is 203 Å². The molecule has 0 atom stereocenters. The first-order valence-electron chi connectivity index (χ1n) is 12.2. The number of carbonyl (C=O) groups is 1. The molecule has 2 aliphatic rings. The molecule has 9 nitrogen and oxygen atoms in total. The van der Waals surface area contributed by atoms with Gasteiger partial charge in [-0.15, -0.1) is 10.2 Å². The lowest BCUT2D eigenvalue weighted by Crippen LogP contribution is -2.16. The number of pyridine rings is 1. The van der Waals surface area contributed by atoms with Crippen LogP contribution in [0.4, 0.5) is 11.5 Å². The van der Waals surface area contributed by atoms with Crippen LogP contribution in [0.3, 0.4) is 0 Å². The lowest BCUT2D eigenvalue weighted by molar-refractivity contribution is 0.102. The van der Waals surface area contributed by atoms with E-state index in [2.05, 4.69) is 30.0 Å². The first-order chi connectivity index (χ1) is 17.1. The van der Waals surface area contributed by atoms with Crippen LogP contribution in [0, 0.1) is 6.92 Å². The second-order valence-electron chi connectivity index (χ2n) is 9.57. The van der Waals surface area contributed by atoms with Gasteiger partial charge in [0.15, 0.2) is 5.82 Å². The van der Waals surface area contributed by atoms with E-state index >= 15 is 0 Å². The predicted molar refractivity (Wildman–Crippen MR) is 133 cm³/mol. The summed E-state index contributed by atoms with van der Waals surface area (Å²) >= 11 is 0. The van der Waals surface area contributed by atoms with Crippen LogP contribution in [-0.2, 0) is 0 Å². The number of nitrogens with zero attached hydrogens (tertiary/aromatic N) is 6. The van der Waals surface area contributed by atoms with Gasteiger partial charge < -0.3 is 20.2 Å². The average Bonchev–Trinajstić information content (AvgIpc) is 3.25. The maximum absolute atomic E-state index is 13.2. The van der Waals surface area contributed by atoms with E-state index in [1.165, 1.54) is 25.7 Å². The van der Waals surface area contributed by atoms with Gasteiger partial charge in [-0.3, -0.25) is 4.79 Å². The molecule has 3 aromatic heterocycles. The summed E-state index contributed by atoms with van der Waals surface area (Å²) in [6.45, 7) is 1.98. The molecule has 35 heavy (non-hydrogen) atoms. The van der Waals surface area contributed by atoms with Crippen molar-refractivity contribution in [3.8, 4) is 17.2 Å². The summed E-state index contributed by atoms with van der Waals surface area (Å²) in [6, 6.07) is 9.56. The minimum Gasteiger partial charge on any atom is -0.398 e. The number of carbonyl (C=O) groups excluding carboxylic acids is 1. The van der Waals surface area contributed by atoms with Gasteiger partial charge in [-0.05, 0) is 62.4 Å². The van der Waals surface area contributed by atoms with Gasteiger partial charge >= 0.3 is 0 Å². The number of nitrogen functional groups attached to an aromatic ring is 1. The maximum Gasteiger partial charge on any atom is 0.258 e. The fraction of sp³-hybridized carbons (Fsp3) is 0.346. The summed E-state index contributed by atoms with van der Waals surface area (Å²) in [5.41, 5.74) is 10.7. The number of benzene rings is 1. The van der Waals surface area contributed by atoms with Crippen LogP contribution >= 0.6 is 0 Å². The number of nitrogens with one attached hydrogen (secondary N) is 1. The second-order valence-corrected chi connectivity index (χ2v) is 9.57. The first-order valence-corrected chi connectivity index (χ1v) is 12.2. The molecule has 178 valence electrons. The van der Waals surface area contributed by atoms with E-state index < -0.39 is 0 Å². The van der Waals surface area contributed by atoms with Crippen LogP contribution in [0.25, 0.3) is 17.2 Å². The highest BCUT2D eigenvalue weighted by Crippen LogP contribution is 2.39. The van der Waals surface area contributed by atoms with Crippen LogP contribution < -0.4 is 11.1 Å². The van der Waals surface area contributed by atoms with Crippen LogP contribution in [0.15, 0.2) is 49.2 Å². The lowest BCUT2D eigenvalue weighted by atomic mass is 10.1. The van der Waals surface area contributed by atoms with Crippen molar-refractivity contribution in [3.05, 3.63) is 66.0 Å². The number of aryl methyl sites for hydroxylation is 1. The highest BCUT2D eigenvalue weighted by molar-refractivity contribution is 6.08. The van der Waals surface area contributed by atoms with Gasteiger partial charge in [-0.25, -0.2) is 9.97 Å². The van der Waals surface area contributed by atoms with E-state index in [9.17, 15) is 4.79 Å². The van der Waals surface area contributed by atoms with E-state index in [0.717, 1.165) is 35.6 Å². The molecule has 0 unspecified atom stereocenters. The molecular weight excluding hydrogens is 440 g/mol. The Morgan fingerprint density at radius 1 is 1.11 bits per heavy atom. The third-order valence-corrected chi connectivity index (χ3v) is 7.00. The summed E-state index contributed by atoms with van der Waals surface area (Å²) < 4.78 is 4.07. The molecule has 0 bridgehead atoms. The minimum absolute atomic E-state index is 0.312. The third kappa shape index (κ3) is 4.18. The average molecular weight is 469 g/mol. The van der Waals surface area contributed by atoms with Gasteiger partial charge in [-0.2, -0.15) is 0 Å². The zero-order chi connectivity index (χ0) is 23.9. The number of hydrogen-bond acceptors (Lipinski definition) is 6. The van der Waals surface area contributed by atoms with Crippen molar-refractivity contribution < 1.29 is 4.79 Å².